The van der Waals surface area contributed by atoms with Crippen LogP contribution in [0, 0.1) is 0 Å². The number of hydrogen-bond donors (Lipinski definition) is 3. The van der Waals surface area contributed by atoms with E-state index in [1.807, 2.05) is 0 Å². The van der Waals surface area contributed by atoms with Crippen molar-refractivity contribution >= 4 is 44.9 Å². The molecule has 0 spiro atoms. The quantitative estimate of drug-likeness (QED) is 0.568. The lowest BCUT2D eigenvalue weighted by Crippen LogP contribution is -2.18. The van der Waals surface area contributed by atoms with Crippen LogP contribution in [0.3, 0.4) is 0 Å². The molecule has 0 bridgehead atoms. The van der Waals surface area contributed by atoms with Gasteiger partial charge < -0.3 is 15.5 Å². The molecule has 0 aliphatic heterocycles. The average Bonchev–Trinajstić information content (AvgIpc) is 2.49. The van der Waals surface area contributed by atoms with E-state index in [0.717, 1.165) is 0 Å². The third-order valence-electron chi connectivity index (χ3n) is 2.64. The summed E-state index contributed by atoms with van der Waals surface area (Å²) in [7, 11) is 1.50. The minimum absolute atomic E-state index is 0.275. The Hall–Kier alpha value is -1.83. The number of hydrogen-bond acceptors (Lipinski definition) is 5. The van der Waals surface area contributed by atoms with Crippen molar-refractivity contribution in [3.05, 3.63) is 45.5 Å². The highest BCUT2D eigenvalue weighted by Gasteiger charge is 2.14. The summed E-state index contributed by atoms with van der Waals surface area (Å²) in [6.45, 7) is 0. The highest BCUT2D eigenvalue weighted by Crippen LogP contribution is 2.28. The molecule has 6 nitrogen and oxygen atoms in total. The second-order valence-electron chi connectivity index (χ2n) is 4.00. The number of amides is 1. The predicted molar refractivity (Wildman–Crippen MR) is 85.7 cm³/mol. The number of methoxy groups -OCH3 is 1. The van der Waals surface area contributed by atoms with Gasteiger partial charge in [-0.2, -0.15) is 0 Å². The standard InChI is InChI=1S/C13H12BrClN4O2/c1-21-11-5-8(2-3-10(11)15)18-13(20)9-4-7(14)6-17-12(9)19-16/h2-6H,16H2,1H3,(H,17,19)(H,18,20). The SMILES string of the molecule is COc1cc(NC(=O)c2cc(Br)cnc2NN)ccc1Cl. The summed E-state index contributed by atoms with van der Waals surface area (Å²) in [5.41, 5.74) is 3.23. The lowest BCUT2D eigenvalue weighted by atomic mass is 10.2. The summed E-state index contributed by atoms with van der Waals surface area (Å²) in [4.78, 5) is 16.3. The minimum Gasteiger partial charge on any atom is -0.495 e. The zero-order valence-electron chi connectivity index (χ0n) is 11.0. The van der Waals surface area contributed by atoms with Crippen molar-refractivity contribution in [2.45, 2.75) is 0 Å². The Morgan fingerprint density at radius 2 is 2.19 bits per heavy atom. The largest absolute Gasteiger partial charge is 0.495 e. The monoisotopic (exact) mass is 370 g/mol. The number of aromatic nitrogens is 1. The van der Waals surface area contributed by atoms with Crippen LogP contribution in [0.15, 0.2) is 34.9 Å². The van der Waals surface area contributed by atoms with Crippen LogP contribution in [-0.2, 0) is 0 Å². The van der Waals surface area contributed by atoms with E-state index in [-0.39, 0.29) is 11.7 Å². The first kappa shape index (κ1) is 15.6. The van der Waals surface area contributed by atoms with E-state index in [1.54, 1.807) is 24.3 Å². The number of pyridine rings is 1. The van der Waals surface area contributed by atoms with Gasteiger partial charge in [0.15, 0.2) is 5.82 Å². The average molecular weight is 372 g/mol. The van der Waals surface area contributed by atoms with E-state index in [0.29, 0.717) is 26.5 Å². The van der Waals surface area contributed by atoms with Crippen molar-refractivity contribution in [3.8, 4) is 5.75 Å². The van der Waals surface area contributed by atoms with Gasteiger partial charge in [-0.25, -0.2) is 10.8 Å². The Bertz CT molecular complexity index is 681. The molecule has 2 aromatic rings. The van der Waals surface area contributed by atoms with Crippen LogP contribution >= 0.6 is 27.5 Å². The topological polar surface area (TPSA) is 89.3 Å². The second-order valence-corrected chi connectivity index (χ2v) is 5.32. The number of ether oxygens (including phenoxy) is 1. The van der Waals surface area contributed by atoms with Crippen LogP contribution in [0.25, 0.3) is 0 Å². The van der Waals surface area contributed by atoms with Crippen molar-refractivity contribution in [3.63, 3.8) is 0 Å². The van der Waals surface area contributed by atoms with Gasteiger partial charge in [0.25, 0.3) is 5.91 Å². The van der Waals surface area contributed by atoms with Crippen molar-refractivity contribution in [2.75, 3.05) is 17.9 Å². The summed E-state index contributed by atoms with van der Waals surface area (Å²) in [5, 5.41) is 3.19. The van der Waals surface area contributed by atoms with Crippen LogP contribution in [-0.4, -0.2) is 18.0 Å². The molecular weight excluding hydrogens is 360 g/mol. The highest BCUT2D eigenvalue weighted by atomic mass is 79.9. The van der Waals surface area contributed by atoms with Crippen LogP contribution in [0.4, 0.5) is 11.5 Å². The fraction of sp³-hybridized carbons (Fsp3) is 0.0769. The highest BCUT2D eigenvalue weighted by molar-refractivity contribution is 9.10. The summed E-state index contributed by atoms with van der Waals surface area (Å²) < 4.78 is 5.77. The fourth-order valence-electron chi connectivity index (χ4n) is 1.66. The molecule has 0 aliphatic rings. The number of nitrogens with one attached hydrogen (secondary N) is 2. The Morgan fingerprint density at radius 3 is 2.86 bits per heavy atom. The smallest absolute Gasteiger partial charge is 0.259 e. The molecule has 0 saturated carbocycles. The summed E-state index contributed by atoms with van der Waals surface area (Å²) in [6.07, 6.45) is 1.54. The molecule has 2 rings (SSSR count). The number of hydrazine groups is 1. The molecule has 1 amide bonds. The lowest BCUT2D eigenvalue weighted by Gasteiger charge is -2.11. The van der Waals surface area contributed by atoms with Gasteiger partial charge in [-0.05, 0) is 34.1 Å². The normalized spacial score (nSPS) is 10.1. The number of nitrogens with two attached hydrogens (primary N) is 1. The molecule has 1 aromatic carbocycles. The fourth-order valence-corrected chi connectivity index (χ4v) is 2.19. The van der Waals surface area contributed by atoms with Crippen LogP contribution in [0.2, 0.25) is 5.02 Å². The maximum Gasteiger partial charge on any atom is 0.259 e. The van der Waals surface area contributed by atoms with Gasteiger partial charge in [-0.1, -0.05) is 11.6 Å². The molecule has 21 heavy (non-hydrogen) atoms. The molecule has 0 saturated heterocycles. The van der Waals surface area contributed by atoms with E-state index in [1.165, 1.54) is 13.3 Å². The predicted octanol–water partition coefficient (Wildman–Crippen LogP) is 3.04. The summed E-state index contributed by atoms with van der Waals surface area (Å²) in [6, 6.07) is 6.55. The lowest BCUT2D eigenvalue weighted by molar-refractivity contribution is 0.102. The Labute approximate surface area is 134 Å². The third-order valence-corrected chi connectivity index (χ3v) is 3.39. The van der Waals surface area contributed by atoms with Gasteiger partial charge in [0.2, 0.25) is 0 Å². The second kappa shape index (κ2) is 6.75. The van der Waals surface area contributed by atoms with Gasteiger partial charge in [-0.3, -0.25) is 4.79 Å². The first-order valence-corrected chi connectivity index (χ1v) is 6.99. The van der Waals surface area contributed by atoms with E-state index in [2.05, 4.69) is 31.7 Å². The van der Waals surface area contributed by atoms with Gasteiger partial charge in [0.1, 0.15) is 5.75 Å². The van der Waals surface area contributed by atoms with Gasteiger partial charge in [0, 0.05) is 22.4 Å². The molecule has 4 N–H and O–H groups in total. The van der Waals surface area contributed by atoms with Crippen molar-refractivity contribution in [1.82, 2.24) is 4.98 Å². The number of anilines is 2. The number of nitrogen functional groups attached to an aromatic ring is 1. The van der Waals surface area contributed by atoms with Crippen molar-refractivity contribution in [1.29, 1.82) is 0 Å². The molecule has 0 atom stereocenters. The number of carbonyl (C=O) groups is 1. The Morgan fingerprint density at radius 1 is 1.43 bits per heavy atom. The van der Waals surface area contributed by atoms with Crippen molar-refractivity contribution in [2.24, 2.45) is 5.84 Å². The van der Waals surface area contributed by atoms with Gasteiger partial charge >= 0.3 is 0 Å². The van der Waals surface area contributed by atoms with Gasteiger partial charge in [0.05, 0.1) is 17.7 Å². The first-order valence-electron chi connectivity index (χ1n) is 5.82. The number of nitrogens with zero attached hydrogens (tertiary/aromatic N) is 1. The molecule has 0 aliphatic carbocycles. The molecule has 1 aromatic heterocycles. The van der Waals surface area contributed by atoms with E-state index in [9.17, 15) is 4.79 Å². The maximum atomic E-state index is 12.3. The first-order chi connectivity index (χ1) is 10.0. The summed E-state index contributed by atoms with van der Waals surface area (Å²) in [5.74, 6) is 5.74. The molecule has 8 heteroatoms. The number of benzene rings is 1. The van der Waals surface area contributed by atoms with E-state index >= 15 is 0 Å². The molecule has 0 radical (unpaired) electrons. The number of halogens is 2. The van der Waals surface area contributed by atoms with E-state index < -0.39 is 0 Å². The van der Waals surface area contributed by atoms with Gasteiger partial charge in [-0.15, -0.1) is 0 Å². The Kier molecular flexibility index (Phi) is 5.00. The molecule has 1 heterocycles. The van der Waals surface area contributed by atoms with Crippen LogP contribution in [0.5, 0.6) is 5.75 Å². The summed E-state index contributed by atoms with van der Waals surface area (Å²) >= 11 is 9.20. The molecule has 0 fully saturated rings. The number of carbonyl (C=O) groups excluding carboxylic acids is 1. The van der Waals surface area contributed by atoms with Crippen molar-refractivity contribution < 1.29 is 9.53 Å². The third kappa shape index (κ3) is 3.63. The number of rotatable bonds is 4. The maximum absolute atomic E-state index is 12.3. The molecule has 0 unspecified atom stereocenters. The minimum atomic E-state index is -0.360. The van der Waals surface area contributed by atoms with Crippen LogP contribution in [0.1, 0.15) is 10.4 Å². The molecular formula is C13H12BrClN4O2. The Balaban J connectivity index is 2.28. The van der Waals surface area contributed by atoms with E-state index in [4.69, 9.17) is 22.2 Å². The van der Waals surface area contributed by atoms with Crippen LogP contribution < -0.4 is 21.3 Å². The zero-order valence-corrected chi connectivity index (χ0v) is 13.3. The molecule has 110 valence electrons. The zero-order chi connectivity index (χ0) is 15.4.